The van der Waals surface area contributed by atoms with Gasteiger partial charge in [0, 0.05) is 19.6 Å². The lowest BCUT2D eigenvalue weighted by molar-refractivity contribution is -0.0936. The molecule has 1 saturated heterocycles. The molecule has 1 aliphatic rings. The normalized spacial score (nSPS) is 18.9. The summed E-state index contributed by atoms with van der Waals surface area (Å²) < 4.78 is 11.8. The van der Waals surface area contributed by atoms with E-state index in [1.807, 2.05) is 0 Å². The van der Waals surface area contributed by atoms with E-state index in [0.29, 0.717) is 0 Å². The molecule has 1 heterocycles. The Bertz CT molecular complexity index is 385. The highest BCUT2D eigenvalue weighted by Crippen LogP contribution is 2.27. The number of hydrogen-bond acceptors (Lipinski definition) is 3. The van der Waals surface area contributed by atoms with Crippen molar-refractivity contribution >= 4 is 0 Å². The molecule has 1 aromatic carbocycles. The van der Waals surface area contributed by atoms with E-state index in [1.165, 1.54) is 5.56 Å². The molecule has 112 valence electrons. The molecule has 1 atom stereocenters. The van der Waals surface area contributed by atoms with Crippen LogP contribution >= 0.6 is 0 Å². The van der Waals surface area contributed by atoms with Crippen LogP contribution in [0.2, 0.25) is 0 Å². The second-order valence-corrected chi connectivity index (χ2v) is 6.04. The number of ether oxygens (including phenoxy) is 2. The van der Waals surface area contributed by atoms with Crippen molar-refractivity contribution in [2.45, 2.75) is 38.9 Å². The van der Waals surface area contributed by atoms with Gasteiger partial charge in [-0.15, -0.1) is 0 Å². The lowest BCUT2D eigenvalue weighted by Crippen LogP contribution is -2.40. The Hall–Kier alpha value is -0.900. The maximum Gasteiger partial charge on any atom is 0.0959 e. The van der Waals surface area contributed by atoms with Crippen LogP contribution in [0, 0.1) is 0 Å². The van der Waals surface area contributed by atoms with Crippen LogP contribution in [0.15, 0.2) is 30.3 Å². The van der Waals surface area contributed by atoms with Gasteiger partial charge in [0.05, 0.1) is 24.9 Å². The van der Waals surface area contributed by atoms with Crippen LogP contribution in [-0.4, -0.2) is 43.3 Å². The van der Waals surface area contributed by atoms with E-state index >= 15 is 0 Å². The lowest BCUT2D eigenvalue weighted by atomic mass is 10.0. The summed E-state index contributed by atoms with van der Waals surface area (Å²) in [6, 6.07) is 10.6. The molecule has 0 aliphatic carbocycles. The Morgan fingerprint density at radius 3 is 2.45 bits per heavy atom. The average Bonchev–Trinajstić information content (AvgIpc) is 2.48. The van der Waals surface area contributed by atoms with Gasteiger partial charge in [0.15, 0.2) is 0 Å². The Morgan fingerprint density at radius 1 is 1.20 bits per heavy atom. The molecule has 0 radical (unpaired) electrons. The second-order valence-electron chi connectivity index (χ2n) is 6.04. The van der Waals surface area contributed by atoms with Gasteiger partial charge < -0.3 is 9.47 Å². The number of rotatable bonds is 6. The van der Waals surface area contributed by atoms with Crippen LogP contribution in [0.25, 0.3) is 0 Å². The van der Waals surface area contributed by atoms with Crippen LogP contribution in [0.3, 0.4) is 0 Å². The molecule has 3 heteroatoms. The summed E-state index contributed by atoms with van der Waals surface area (Å²) >= 11 is 0. The zero-order valence-corrected chi connectivity index (χ0v) is 13.0. The maximum atomic E-state index is 6.39. The molecule has 0 N–H and O–H groups in total. The van der Waals surface area contributed by atoms with Gasteiger partial charge in [0.1, 0.15) is 0 Å². The van der Waals surface area contributed by atoms with Crippen molar-refractivity contribution in [3.05, 3.63) is 35.9 Å². The van der Waals surface area contributed by atoms with Crippen molar-refractivity contribution in [3.63, 3.8) is 0 Å². The van der Waals surface area contributed by atoms with Crippen molar-refractivity contribution < 1.29 is 9.47 Å². The topological polar surface area (TPSA) is 21.7 Å². The number of nitrogens with zero attached hydrogens (tertiary/aromatic N) is 1. The Balaban J connectivity index is 2.07. The van der Waals surface area contributed by atoms with E-state index in [1.54, 1.807) is 0 Å². The third kappa shape index (κ3) is 4.58. The highest BCUT2D eigenvalue weighted by Gasteiger charge is 2.25. The number of hydrogen-bond donors (Lipinski definition) is 0. The van der Waals surface area contributed by atoms with Crippen LogP contribution < -0.4 is 0 Å². The Labute approximate surface area is 122 Å². The van der Waals surface area contributed by atoms with Crippen LogP contribution in [0.1, 0.15) is 38.9 Å². The first kappa shape index (κ1) is 15.5. The van der Waals surface area contributed by atoms with E-state index in [9.17, 15) is 0 Å². The molecule has 1 aromatic rings. The summed E-state index contributed by atoms with van der Waals surface area (Å²) in [4.78, 5) is 2.44. The first-order valence-electron chi connectivity index (χ1n) is 7.63. The zero-order valence-electron chi connectivity index (χ0n) is 13.0. The average molecular weight is 277 g/mol. The van der Waals surface area contributed by atoms with Gasteiger partial charge in [-0.2, -0.15) is 0 Å². The molecule has 0 amide bonds. The van der Waals surface area contributed by atoms with Gasteiger partial charge in [0.2, 0.25) is 0 Å². The second kappa shape index (κ2) is 7.21. The molecule has 0 spiro atoms. The summed E-state index contributed by atoms with van der Waals surface area (Å²) in [5, 5.41) is 0. The van der Waals surface area contributed by atoms with Gasteiger partial charge in [-0.1, -0.05) is 37.3 Å². The molecule has 0 bridgehead atoms. The Kier molecular flexibility index (Phi) is 5.58. The van der Waals surface area contributed by atoms with Crippen LogP contribution in [-0.2, 0) is 9.47 Å². The first-order chi connectivity index (χ1) is 9.61. The van der Waals surface area contributed by atoms with E-state index in [0.717, 1.165) is 39.3 Å². The minimum absolute atomic E-state index is 0.0905. The van der Waals surface area contributed by atoms with Gasteiger partial charge in [-0.25, -0.2) is 0 Å². The standard InChI is InChI=1S/C17H27NO2/c1-4-17(2,3)20-16(15-8-6-5-7-9-15)14-18-10-12-19-13-11-18/h5-9,16H,4,10-14H2,1-3H3. The minimum Gasteiger partial charge on any atom is -0.379 e. The van der Waals surface area contributed by atoms with E-state index in [2.05, 4.69) is 56.0 Å². The molecule has 20 heavy (non-hydrogen) atoms. The molecule has 0 saturated carbocycles. The van der Waals surface area contributed by atoms with Gasteiger partial charge in [-0.05, 0) is 25.8 Å². The fourth-order valence-corrected chi connectivity index (χ4v) is 2.37. The molecule has 0 aromatic heterocycles. The molecular weight excluding hydrogens is 250 g/mol. The minimum atomic E-state index is -0.0905. The third-order valence-corrected chi connectivity index (χ3v) is 4.01. The van der Waals surface area contributed by atoms with Crippen molar-refractivity contribution in [2.24, 2.45) is 0 Å². The molecular formula is C17H27NO2. The van der Waals surface area contributed by atoms with Gasteiger partial charge in [0.25, 0.3) is 0 Å². The smallest absolute Gasteiger partial charge is 0.0959 e. The quantitative estimate of drug-likeness (QED) is 0.796. The fraction of sp³-hybridized carbons (Fsp3) is 0.647. The van der Waals surface area contributed by atoms with Crippen molar-refractivity contribution in [2.75, 3.05) is 32.8 Å². The lowest BCUT2D eigenvalue weighted by Gasteiger charge is -2.35. The van der Waals surface area contributed by atoms with E-state index < -0.39 is 0 Å². The third-order valence-electron chi connectivity index (χ3n) is 4.01. The van der Waals surface area contributed by atoms with Crippen LogP contribution in [0.4, 0.5) is 0 Å². The van der Waals surface area contributed by atoms with Crippen LogP contribution in [0.5, 0.6) is 0 Å². The molecule has 1 unspecified atom stereocenters. The predicted octanol–water partition coefficient (Wildman–Crippen LogP) is 3.27. The van der Waals surface area contributed by atoms with Crippen molar-refractivity contribution in [1.82, 2.24) is 4.90 Å². The highest BCUT2D eigenvalue weighted by atomic mass is 16.5. The fourth-order valence-electron chi connectivity index (χ4n) is 2.37. The van der Waals surface area contributed by atoms with Crippen molar-refractivity contribution in [1.29, 1.82) is 0 Å². The SMILES string of the molecule is CCC(C)(C)OC(CN1CCOCC1)c1ccccc1. The number of benzene rings is 1. The largest absolute Gasteiger partial charge is 0.379 e. The number of morpholine rings is 1. The summed E-state index contributed by atoms with van der Waals surface area (Å²) in [6.07, 6.45) is 1.14. The van der Waals surface area contributed by atoms with Gasteiger partial charge >= 0.3 is 0 Å². The first-order valence-corrected chi connectivity index (χ1v) is 7.63. The van der Waals surface area contributed by atoms with E-state index in [-0.39, 0.29) is 11.7 Å². The summed E-state index contributed by atoms with van der Waals surface area (Å²) in [5.74, 6) is 0. The molecule has 2 rings (SSSR count). The zero-order chi connectivity index (χ0) is 14.4. The maximum absolute atomic E-state index is 6.39. The molecule has 1 fully saturated rings. The Morgan fingerprint density at radius 2 is 1.85 bits per heavy atom. The summed E-state index contributed by atoms with van der Waals surface area (Å²) in [7, 11) is 0. The van der Waals surface area contributed by atoms with E-state index in [4.69, 9.17) is 9.47 Å². The summed E-state index contributed by atoms with van der Waals surface area (Å²) in [5.41, 5.74) is 1.17. The van der Waals surface area contributed by atoms with Gasteiger partial charge in [-0.3, -0.25) is 4.90 Å². The highest BCUT2D eigenvalue weighted by molar-refractivity contribution is 5.18. The molecule has 1 aliphatic heterocycles. The predicted molar refractivity (Wildman–Crippen MR) is 81.9 cm³/mol. The van der Waals surface area contributed by atoms with Crippen molar-refractivity contribution in [3.8, 4) is 0 Å². The monoisotopic (exact) mass is 277 g/mol. The summed E-state index contributed by atoms with van der Waals surface area (Å²) in [6.45, 7) is 11.1. The molecule has 3 nitrogen and oxygen atoms in total.